The van der Waals surface area contributed by atoms with E-state index in [1.165, 1.54) is 11.8 Å². The van der Waals surface area contributed by atoms with E-state index in [0.717, 1.165) is 49.4 Å². The number of pyridine rings is 1. The fourth-order valence-corrected chi connectivity index (χ4v) is 3.24. The van der Waals surface area contributed by atoms with Gasteiger partial charge < -0.3 is 4.40 Å². The molecule has 0 bridgehead atoms. The van der Waals surface area contributed by atoms with Gasteiger partial charge in [-0.3, -0.25) is 14.9 Å². The second-order valence-electron chi connectivity index (χ2n) is 9.28. The summed E-state index contributed by atoms with van der Waals surface area (Å²) in [5, 5.41) is 8.64. The largest absolute Gasteiger partial charge is 0.302 e. The molecule has 2 rings (SSSR count). The van der Waals surface area contributed by atoms with Crippen molar-refractivity contribution in [1.29, 1.82) is 0 Å². The average molecular weight is 401 g/mol. The van der Waals surface area contributed by atoms with E-state index in [4.69, 9.17) is 10.2 Å². The minimum Gasteiger partial charge on any atom is -0.302 e. The number of nitrogens with zero attached hydrogens (tertiary/aromatic N) is 3. The quantitative estimate of drug-likeness (QED) is 0.374. The Bertz CT molecular complexity index is 846. The van der Waals surface area contributed by atoms with Crippen molar-refractivity contribution in [3.8, 4) is 0 Å². The molecule has 0 aliphatic carbocycles. The number of imidazole rings is 1. The Morgan fingerprint density at radius 1 is 1.38 bits per heavy atom. The van der Waals surface area contributed by atoms with Gasteiger partial charge in [-0.2, -0.15) is 0 Å². The normalized spacial score (nSPS) is 12.6. The first kappa shape index (κ1) is 23.1. The molecule has 6 heteroatoms. The Labute approximate surface area is 174 Å². The molecule has 1 amide bonds. The molecule has 2 aromatic rings. The van der Waals surface area contributed by atoms with E-state index in [9.17, 15) is 4.79 Å². The zero-order valence-corrected chi connectivity index (χ0v) is 18.7. The van der Waals surface area contributed by atoms with Gasteiger partial charge in [0.15, 0.2) is 0 Å². The van der Waals surface area contributed by atoms with Gasteiger partial charge in [0.2, 0.25) is 0 Å². The van der Waals surface area contributed by atoms with E-state index >= 15 is 0 Å². The van der Waals surface area contributed by atoms with Crippen LogP contribution in [-0.4, -0.2) is 38.5 Å². The Morgan fingerprint density at radius 2 is 2.10 bits per heavy atom. The number of hydrogen-bond acceptors (Lipinski definition) is 4. The molecule has 160 valence electrons. The number of hydroxylamine groups is 1. The molecule has 6 nitrogen and oxygen atoms in total. The lowest BCUT2D eigenvalue weighted by molar-refractivity contribution is -0.124. The van der Waals surface area contributed by atoms with Gasteiger partial charge in [0, 0.05) is 18.8 Å². The predicted molar refractivity (Wildman–Crippen MR) is 118 cm³/mol. The summed E-state index contributed by atoms with van der Waals surface area (Å²) in [5.74, 6) is -0.0252. The van der Waals surface area contributed by atoms with E-state index in [0.29, 0.717) is 11.3 Å². The summed E-state index contributed by atoms with van der Waals surface area (Å²) in [5.41, 5.74) is 6.06. The zero-order chi connectivity index (χ0) is 21.6. The van der Waals surface area contributed by atoms with Crippen molar-refractivity contribution in [2.75, 3.05) is 13.1 Å². The van der Waals surface area contributed by atoms with E-state index in [2.05, 4.69) is 50.8 Å². The molecule has 0 radical (unpaired) electrons. The molecule has 2 heterocycles. The van der Waals surface area contributed by atoms with E-state index in [1.54, 1.807) is 11.6 Å². The predicted octanol–water partition coefficient (Wildman–Crippen LogP) is 4.31. The highest BCUT2D eigenvalue weighted by atomic mass is 16.5. The highest BCUT2D eigenvalue weighted by Crippen LogP contribution is 2.22. The minimum absolute atomic E-state index is 0.315. The van der Waals surface area contributed by atoms with Crippen molar-refractivity contribution >= 4 is 17.6 Å². The van der Waals surface area contributed by atoms with Crippen LogP contribution >= 0.6 is 0 Å². The highest BCUT2D eigenvalue weighted by Gasteiger charge is 2.18. The molecule has 2 N–H and O–H groups in total. The first-order valence-electron chi connectivity index (χ1n) is 10.5. The van der Waals surface area contributed by atoms with Gasteiger partial charge in [0.1, 0.15) is 5.65 Å². The van der Waals surface area contributed by atoms with Crippen molar-refractivity contribution < 1.29 is 10.0 Å². The fraction of sp³-hybridized carbons (Fsp3) is 0.565. The lowest BCUT2D eigenvalue weighted by atomic mass is 9.92. The van der Waals surface area contributed by atoms with Gasteiger partial charge in [-0.1, -0.05) is 41.5 Å². The van der Waals surface area contributed by atoms with Crippen molar-refractivity contribution in [2.24, 2.45) is 11.3 Å². The lowest BCUT2D eigenvalue weighted by Crippen LogP contribution is -2.28. The molecule has 2 aromatic heterocycles. The van der Waals surface area contributed by atoms with Crippen LogP contribution in [0.15, 0.2) is 24.4 Å². The van der Waals surface area contributed by atoms with Crippen LogP contribution < -0.4 is 5.48 Å². The van der Waals surface area contributed by atoms with Gasteiger partial charge in [-0.15, -0.1) is 0 Å². The first-order chi connectivity index (χ1) is 13.6. The van der Waals surface area contributed by atoms with Crippen LogP contribution in [0.1, 0.15) is 64.9 Å². The monoisotopic (exact) mass is 400 g/mol. The second-order valence-corrected chi connectivity index (χ2v) is 9.28. The van der Waals surface area contributed by atoms with E-state index in [-0.39, 0.29) is 0 Å². The summed E-state index contributed by atoms with van der Waals surface area (Å²) in [6.45, 7) is 16.4. The molecule has 0 aliphatic rings. The second kappa shape index (κ2) is 10.0. The summed E-state index contributed by atoms with van der Waals surface area (Å²) in [4.78, 5) is 18.6. The molecule has 0 spiro atoms. The lowest BCUT2D eigenvalue weighted by Gasteiger charge is -2.26. The van der Waals surface area contributed by atoms with Crippen molar-refractivity contribution in [2.45, 2.75) is 60.9 Å². The van der Waals surface area contributed by atoms with Crippen molar-refractivity contribution in [3.05, 3.63) is 41.4 Å². The van der Waals surface area contributed by atoms with Gasteiger partial charge in [-0.05, 0) is 61.0 Å². The number of aromatic nitrogens is 2. The summed E-state index contributed by atoms with van der Waals surface area (Å²) in [6.07, 6.45) is 7.08. The number of carbonyl (C=O) groups excluding carboxylic acids is 1. The van der Waals surface area contributed by atoms with E-state index in [1.807, 2.05) is 18.3 Å². The Hall–Kier alpha value is -2.18. The molecule has 0 saturated carbocycles. The molecule has 0 aliphatic heterocycles. The minimum atomic E-state index is -0.549. The van der Waals surface area contributed by atoms with E-state index < -0.39 is 5.91 Å². The molecular weight excluding hydrogens is 364 g/mol. The number of rotatable bonds is 9. The SMILES string of the molecule is CCN(CCC(C)(C)C)Cc1c(CC(C)C)nc2cc(/C=C/C(=O)NO)ccn12. The number of nitrogens with one attached hydrogen (secondary N) is 1. The van der Waals surface area contributed by atoms with Crippen LogP contribution in [0.25, 0.3) is 11.7 Å². The highest BCUT2D eigenvalue weighted by molar-refractivity contribution is 5.90. The topological polar surface area (TPSA) is 69.9 Å². The summed E-state index contributed by atoms with van der Waals surface area (Å²) >= 11 is 0. The Balaban J connectivity index is 2.35. The maximum absolute atomic E-state index is 11.2. The maximum atomic E-state index is 11.2. The molecular formula is C23H36N4O2. The first-order valence-corrected chi connectivity index (χ1v) is 10.5. The maximum Gasteiger partial charge on any atom is 0.267 e. The number of fused-ring (bicyclic) bond motifs is 1. The molecule has 0 fully saturated rings. The van der Waals surface area contributed by atoms with Crippen molar-refractivity contribution in [1.82, 2.24) is 19.8 Å². The van der Waals surface area contributed by atoms with Crippen LogP contribution in [0.2, 0.25) is 0 Å². The smallest absolute Gasteiger partial charge is 0.267 e. The van der Waals surface area contributed by atoms with Gasteiger partial charge in [0.25, 0.3) is 5.91 Å². The fourth-order valence-electron chi connectivity index (χ4n) is 3.24. The van der Waals surface area contributed by atoms with Crippen LogP contribution in [0.4, 0.5) is 0 Å². The van der Waals surface area contributed by atoms with Gasteiger partial charge in [-0.25, -0.2) is 10.5 Å². The molecule has 0 aromatic carbocycles. The third-order valence-electron chi connectivity index (χ3n) is 4.97. The van der Waals surface area contributed by atoms with Crippen LogP contribution in [0.3, 0.4) is 0 Å². The van der Waals surface area contributed by atoms with Gasteiger partial charge in [0.05, 0.1) is 11.4 Å². The third-order valence-corrected chi connectivity index (χ3v) is 4.97. The molecule has 0 unspecified atom stereocenters. The number of hydrogen-bond donors (Lipinski definition) is 2. The molecule has 0 saturated heterocycles. The number of amides is 1. The van der Waals surface area contributed by atoms with Crippen LogP contribution in [-0.2, 0) is 17.8 Å². The molecule has 0 atom stereocenters. The standard InChI is InChI=1S/C23H36N4O2/c1-7-26(13-11-23(4,5)6)16-20-19(14-17(2)3)24-21-15-18(10-12-27(20)21)8-9-22(28)25-29/h8-10,12,15,17,29H,7,11,13-14,16H2,1-6H3,(H,25,28)/b9-8+. The average Bonchev–Trinajstić information content (AvgIpc) is 2.97. The number of carbonyl (C=O) groups is 1. The summed E-state index contributed by atoms with van der Waals surface area (Å²) < 4.78 is 2.17. The summed E-state index contributed by atoms with van der Waals surface area (Å²) in [6, 6.07) is 3.93. The summed E-state index contributed by atoms with van der Waals surface area (Å²) in [7, 11) is 0. The molecule has 29 heavy (non-hydrogen) atoms. The Morgan fingerprint density at radius 3 is 2.69 bits per heavy atom. The third kappa shape index (κ3) is 6.98. The van der Waals surface area contributed by atoms with Gasteiger partial charge >= 0.3 is 0 Å². The van der Waals surface area contributed by atoms with Crippen LogP contribution in [0.5, 0.6) is 0 Å². The van der Waals surface area contributed by atoms with Crippen molar-refractivity contribution in [3.63, 3.8) is 0 Å². The Kier molecular flexibility index (Phi) is 7.99. The zero-order valence-electron chi connectivity index (χ0n) is 18.7. The van der Waals surface area contributed by atoms with Crippen LogP contribution in [0, 0.1) is 11.3 Å².